The zero-order chi connectivity index (χ0) is 21.5. The molecule has 2 unspecified atom stereocenters. The Morgan fingerprint density at radius 2 is 2.07 bits per heavy atom. The Morgan fingerprint density at radius 1 is 1.41 bits per heavy atom. The van der Waals surface area contributed by atoms with Crippen LogP contribution >= 0.6 is 11.6 Å². The van der Waals surface area contributed by atoms with Crippen molar-refractivity contribution in [1.29, 1.82) is 0 Å². The first-order valence-corrected chi connectivity index (χ1v) is 10.1. The van der Waals surface area contributed by atoms with Gasteiger partial charge in [0.25, 0.3) is 0 Å². The van der Waals surface area contributed by atoms with E-state index in [9.17, 15) is 24.9 Å². The third kappa shape index (κ3) is 2.47. The van der Waals surface area contributed by atoms with Crippen molar-refractivity contribution in [1.82, 2.24) is 0 Å². The third-order valence-corrected chi connectivity index (χ3v) is 7.68. The van der Waals surface area contributed by atoms with Gasteiger partial charge in [-0.25, -0.2) is 9.59 Å². The van der Waals surface area contributed by atoms with Gasteiger partial charge in [-0.05, 0) is 20.8 Å². The Hall–Kier alpha value is -1.45. The van der Waals surface area contributed by atoms with Gasteiger partial charge in [-0.2, -0.15) is 0 Å². The standard InChI is InChI=1S/C20H25ClO8/c1-5-8(2)16(23)27-10-6-19(25,7-21)13-12(22)15-18(4,29-15)20(13,26)14-11(10)9(3)17(24)28-14/h5,10-15,22,25-26H,3,6-7H2,1-2,4H3/b8-5-/t10-,11?,12+,13?,14+,15-,18-,19+,20-/m1/s1. The van der Waals surface area contributed by atoms with Crippen LogP contribution in [0, 0.1) is 11.8 Å². The highest BCUT2D eigenvalue weighted by Crippen LogP contribution is 2.66. The molecule has 4 aliphatic rings. The predicted octanol–water partition coefficient (Wildman–Crippen LogP) is 0.215. The fourth-order valence-electron chi connectivity index (χ4n) is 5.45. The van der Waals surface area contributed by atoms with Crippen LogP contribution in [0.4, 0.5) is 0 Å². The van der Waals surface area contributed by atoms with Crippen molar-refractivity contribution in [3.05, 3.63) is 23.8 Å². The topological polar surface area (TPSA) is 126 Å². The summed E-state index contributed by atoms with van der Waals surface area (Å²) in [4.78, 5) is 24.8. The molecule has 2 aliphatic heterocycles. The lowest BCUT2D eigenvalue weighted by Gasteiger charge is -2.45. The van der Waals surface area contributed by atoms with Gasteiger partial charge in [0, 0.05) is 17.6 Å². The smallest absolute Gasteiger partial charge is 0.334 e. The zero-order valence-electron chi connectivity index (χ0n) is 16.4. The average molecular weight is 429 g/mol. The van der Waals surface area contributed by atoms with E-state index in [4.69, 9.17) is 25.8 Å². The first-order chi connectivity index (χ1) is 13.5. The molecule has 9 heteroatoms. The third-order valence-electron chi connectivity index (χ3n) is 7.22. The average Bonchev–Trinajstić information content (AvgIpc) is 3.26. The van der Waals surface area contributed by atoms with Crippen molar-refractivity contribution in [2.24, 2.45) is 11.8 Å². The predicted molar refractivity (Wildman–Crippen MR) is 99.8 cm³/mol. The molecule has 8 nitrogen and oxygen atoms in total. The molecule has 4 fully saturated rings. The molecule has 0 radical (unpaired) electrons. The molecule has 2 saturated carbocycles. The van der Waals surface area contributed by atoms with Gasteiger partial charge in [-0.15, -0.1) is 11.6 Å². The van der Waals surface area contributed by atoms with E-state index in [1.54, 1.807) is 26.8 Å². The quantitative estimate of drug-likeness (QED) is 0.252. The molecule has 0 spiro atoms. The lowest BCUT2D eigenvalue weighted by atomic mass is 9.70. The molecular weight excluding hydrogens is 404 g/mol. The van der Waals surface area contributed by atoms with Crippen molar-refractivity contribution in [2.75, 3.05) is 5.88 Å². The maximum absolute atomic E-state index is 12.5. The largest absolute Gasteiger partial charge is 0.458 e. The second-order valence-corrected chi connectivity index (χ2v) is 8.94. The minimum Gasteiger partial charge on any atom is -0.458 e. The SMILES string of the molecule is C=C1C(=O)O[C@H]2C1[C@H](OC(=O)/C(C)=C\C)C[C@](O)(CCl)C1[C@H](O)[C@H]3O[C@@]3(C)[C@@]12O. The van der Waals surface area contributed by atoms with E-state index in [1.165, 1.54) is 0 Å². The monoisotopic (exact) mass is 428 g/mol. The summed E-state index contributed by atoms with van der Waals surface area (Å²) in [5.74, 6) is -3.79. The molecule has 3 N–H and O–H groups in total. The first kappa shape index (κ1) is 20.8. The number of hydrogen-bond donors (Lipinski definition) is 3. The normalized spacial score (nSPS) is 50.9. The molecule has 0 aromatic heterocycles. The van der Waals surface area contributed by atoms with Gasteiger partial charge in [0.05, 0.1) is 29.4 Å². The van der Waals surface area contributed by atoms with Crippen LogP contribution in [-0.4, -0.2) is 74.4 Å². The van der Waals surface area contributed by atoms with Crippen LogP contribution in [0.1, 0.15) is 27.2 Å². The highest BCUT2D eigenvalue weighted by Gasteiger charge is 2.86. The number of carbonyl (C=O) groups is 2. The van der Waals surface area contributed by atoms with Crippen molar-refractivity contribution in [3.63, 3.8) is 0 Å². The fraction of sp³-hybridized carbons (Fsp3) is 0.700. The Kier molecular flexibility index (Phi) is 4.50. The van der Waals surface area contributed by atoms with Crippen LogP contribution in [0.3, 0.4) is 0 Å². The van der Waals surface area contributed by atoms with Gasteiger partial charge in [0.1, 0.15) is 29.5 Å². The van der Waals surface area contributed by atoms with Crippen LogP contribution in [-0.2, 0) is 23.8 Å². The summed E-state index contributed by atoms with van der Waals surface area (Å²) >= 11 is 6.11. The number of hydrogen-bond acceptors (Lipinski definition) is 8. The number of rotatable bonds is 3. The molecule has 2 heterocycles. The fourth-order valence-corrected chi connectivity index (χ4v) is 5.72. The Bertz CT molecular complexity index is 825. The molecule has 0 aromatic carbocycles. The van der Waals surface area contributed by atoms with E-state index in [0.717, 1.165) is 0 Å². The summed E-state index contributed by atoms with van der Waals surface area (Å²) in [7, 11) is 0. The molecule has 160 valence electrons. The summed E-state index contributed by atoms with van der Waals surface area (Å²) in [6, 6.07) is 0. The molecular formula is C20H25ClO8. The summed E-state index contributed by atoms with van der Waals surface area (Å²) in [5.41, 5.74) is -4.63. The van der Waals surface area contributed by atoms with Gasteiger partial charge < -0.3 is 29.5 Å². The molecule has 29 heavy (non-hydrogen) atoms. The minimum atomic E-state index is -1.95. The van der Waals surface area contributed by atoms with Crippen molar-refractivity contribution in [2.45, 2.75) is 68.4 Å². The van der Waals surface area contributed by atoms with Gasteiger partial charge in [-0.1, -0.05) is 12.7 Å². The van der Waals surface area contributed by atoms with E-state index >= 15 is 0 Å². The highest BCUT2D eigenvalue weighted by atomic mass is 35.5. The number of ether oxygens (including phenoxy) is 3. The van der Waals surface area contributed by atoms with Crippen LogP contribution in [0.15, 0.2) is 23.8 Å². The highest BCUT2D eigenvalue weighted by molar-refractivity contribution is 6.18. The number of aliphatic hydroxyl groups is 3. The number of halogens is 1. The number of alkyl halides is 1. The van der Waals surface area contributed by atoms with Crippen LogP contribution in [0.5, 0.6) is 0 Å². The number of allylic oxidation sites excluding steroid dienone is 1. The van der Waals surface area contributed by atoms with Gasteiger partial charge >= 0.3 is 11.9 Å². The molecule has 0 bridgehead atoms. The van der Waals surface area contributed by atoms with Crippen molar-refractivity contribution in [3.8, 4) is 0 Å². The molecule has 4 rings (SSSR count). The van der Waals surface area contributed by atoms with Crippen LogP contribution < -0.4 is 0 Å². The zero-order valence-corrected chi connectivity index (χ0v) is 17.2. The van der Waals surface area contributed by atoms with E-state index in [2.05, 4.69) is 6.58 Å². The molecule has 0 aromatic rings. The number of aliphatic hydroxyl groups excluding tert-OH is 1. The number of esters is 2. The molecule has 9 atom stereocenters. The van der Waals surface area contributed by atoms with Gasteiger partial charge in [-0.3, -0.25) is 0 Å². The van der Waals surface area contributed by atoms with Crippen molar-refractivity contribution < 1.29 is 39.1 Å². The lowest BCUT2D eigenvalue weighted by molar-refractivity contribution is -0.216. The molecule has 0 amide bonds. The second-order valence-electron chi connectivity index (χ2n) is 8.67. The first-order valence-electron chi connectivity index (χ1n) is 9.56. The number of epoxide rings is 1. The Balaban J connectivity index is 1.84. The molecule has 2 aliphatic carbocycles. The maximum atomic E-state index is 12.5. The van der Waals surface area contributed by atoms with E-state index in [1.807, 2.05) is 0 Å². The number of fused-ring (bicyclic) bond motifs is 5. The van der Waals surface area contributed by atoms with Gasteiger partial charge in [0.2, 0.25) is 0 Å². The minimum absolute atomic E-state index is 0.0270. The maximum Gasteiger partial charge on any atom is 0.334 e. The summed E-state index contributed by atoms with van der Waals surface area (Å²) in [5, 5.41) is 34.1. The molecule has 2 saturated heterocycles. The van der Waals surface area contributed by atoms with Crippen LogP contribution in [0.25, 0.3) is 0 Å². The lowest BCUT2D eigenvalue weighted by Crippen LogP contribution is -2.64. The van der Waals surface area contributed by atoms with Crippen LogP contribution in [0.2, 0.25) is 0 Å². The Morgan fingerprint density at radius 3 is 2.66 bits per heavy atom. The van der Waals surface area contributed by atoms with E-state index < -0.39 is 65.0 Å². The van der Waals surface area contributed by atoms with E-state index in [-0.39, 0.29) is 17.9 Å². The summed E-state index contributed by atoms with van der Waals surface area (Å²) in [6.45, 7) is 8.62. The second kappa shape index (κ2) is 6.28. The Labute approximate surface area is 173 Å². The summed E-state index contributed by atoms with van der Waals surface area (Å²) in [6.07, 6.45) is -2.87. The number of carbonyl (C=O) groups excluding carboxylic acids is 2. The van der Waals surface area contributed by atoms with Gasteiger partial charge in [0.15, 0.2) is 0 Å². The summed E-state index contributed by atoms with van der Waals surface area (Å²) < 4.78 is 16.7. The van der Waals surface area contributed by atoms with Crippen molar-refractivity contribution >= 4 is 23.5 Å². The van der Waals surface area contributed by atoms with E-state index in [0.29, 0.717) is 5.57 Å².